The second-order valence-electron chi connectivity index (χ2n) is 5.92. The fourth-order valence-corrected chi connectivity index (χ4v) is 2.99. The second kappa shape index (κ2) is 6.96. The Labute approximate surface area is 140 Å². The minimum atomic E-state index is -0.263. The summed E-state index contributed by atoms with van der Waals surface area (Å²) in [6.45, 7) is 4.17. The Morgan fingerprint density at radius 3 is 3.00 bits per heavy atom. The van der Waals surface area contributed by atoms with Crippen LogP contribution in [0.5, 0.6) is 0 Å². The number of benzene rings is 1. The highest BCUT2D eigenvalue weighted by molar-refractivity contribution is 6.30. The lowest BCUT2D eigenvalue weighted by Gasteiger charge is -2.31. The van der Waals surface area contributed by atoms with Crippen molar-refractivity contribution in [3.8, 4) is 0 Å². The van der Waals surface area contributed by atoms with Crippen LogP contribution in [0, 0.1) is 5.92 Å². The molecule has 1 aliphatic heterocycles. The van der Waals surface area contributed by atoms with Crippen molar-refractivity contribution in [3.63, 3.8) is 0 Å². The van der Waals surface area contributed by atoms with Crippen molar-refractivity contribution < 1.29 is 4.79 Å². The Bertz CT molecular complexity index is 706. The van der Waals surface area contributed by atoms with Crippen LogP contribution in [0.2, 0.25) is 5.02 Å². The molecule has 0 saturated carbocycles. The Kier molecular flexibility index (Phi) is 4.76. The molecule has 1 unspecified atom stereocenters. The minimum absolute atomic E-state index is 0.263. The average Bonchev–Trinajstić information content (AvgIpc) is 2.55. The topological polar surface area (TPSA) is 58.1 Å². The van der Waals surface area contributed by atoms with E-state index in [1.54, 1.807) is 30.3 Å². The summed E-state index contributed by atoms with van der Waals surface area (Å²) in [5, 5.41) is 3.38. The molecule has 1 N–H and O–H groups in total. The number of halogens is 1. The van der Waals surface area contributed by atoms with Gasteiger partial charge in [0.1, 0.15) is 17.8 Å². The molecular formula is C17H19ClN4O. The zero-order valence-electron chi connectivity index (χ0n) is 13.0. The SMILES string of the molecule is CC1CCCN(c2cc(C(=O)Nc3cccc(Cl)c3)ncn2)C1. The van der Waals surface area contributed by atoms with Gasteiger partial charge in [0.2, 0.25) is 0 Å². The number of amides is 1. The van der Waals surface area contributed by atoms with Crippen LogP contribution in [0.4, 0.5) is 11.5 Å². The van der Waals surface area contributed by atoms with E-state index in [0.717, 1.165) is 25.3 Å². The molecule has 0 radical (unpaired) electrons. The highest BCUT2D eigenvalue weighted by atomic mass is 35.5. The summed E-state index contributed by atoms with van der Waals surface area (Å²) in [6, 6.07) is 8.79. The summed E-state index contributed by atoms with van der Waals surface area (Å²) in [5.41, 5.74) is 1.00. The molecule has 2 heterocycles. The third-order valence-corrected chi connectivity index (χ3v) is 4.18. The van der Waals surface area contributed by atoms with Gasteiger partial charge in [0, 0.05) is 29.9 Å². The third-order valence-electron chi connectivity index (χ3n) is 3.95. The predicted molar refractivity (Wildman–Crippen MR) is 92.0 cm³/mol. The van der Waals surface area contributed by atoms with Crippen molar-refractivity contribution in [1.29, 1.82) is 0 Å². The highest BCUT2D eigenvalue weighted by Gasteiger charge is 2.19. The van der Waals surface area contributed by atoms with E-state index in [4.69, 9.17) is 11.6 Å². The molecular weight excluding hydrogens is 312 g/mol. The molecule has 0 aliphatic carbocycles. The standard InChI is InChI=1S/C17H19ClN4O/c1-12-4-3-7-22(10-12)16-9-15(19-11-20-16)17(23)21-14-6-2-5-13(18)8-14/h2,5-6,8-9,11-12H,3-4,7,10H2,1H3,(H,21,23). The lowest BCUT2D eigenvalue weighted by atomic mass is 10.0. The molecule has 1 saturated heterocycles. The summed E-state index contributed by atoms with van der Waals surface area (Å²) in [7, 11) is 0. The molecule has 2 aromatic rings. The summed E-state index contributed by atoms with van der Waals surface area (Å²) < 4.78 is 0. The maximum Gasteiger partial charge on any atom is 0.274 e. The first kappa shape index (κ1) is 15.7. The molecule has 120 valence electrons. The van der Waals surface area contributed by atoms with Gasteiger partial charge in [-0.15, -0.1) is 0 Å². The summed E-state index contributed by atoms with van der Waals surface area (Å²) in [6.07, 6.45) is 3.83. The molecule has 1 fully saturated rings. The van der Waals surface area contributed by atoms with Crippen LogP contribution >= 0.6 is 11.6 Å². The lowest BCUT2D eigenvalue weighted by molar-refractivity contribution is 0.102. The van der Waals surface area contributed by atoms with Crippen molar-refractivity contribution in [3.05, 3.63) is 47.4 Å². The van der Waals surface area contributed by atoms with Gasteiger partial charge < -0.3 is 10.2 Å². The number of carbonyl (C=O) groups excluding carboxylic acids is 1. The first-order valence-corrected chi connectivity index (χ1v) is 8.13. The number of nitrogens with one attached hydrogen (secondary N) is 1. The van der Waals surface area contributed by atoms with E-state index in [1.165, 1.54) is 12.7 Å². The van der Waals surface area contributed by atoms with E-state index >= 15 is 0 Å². The Morgan fingerprint density at radius 1 is 1.35 bits per heavy atom. The van der Waals surface area contributed by atoms with E-state index in [0.29, 0.717) is 22.3 Å². The quantitative estimate of drug-likeness (QED) is 0.933. The van der Waals surface area contributed by atoms with Crippen molar-refractivity contribution in [2.45, 2.75) is 19.8 Å². The first-order valence-electron chi connectivity index (χ1n) is 7.76. The number of hydrogen-bond donors (Lipinski definition) is 1. The molecule has 0 bridgehead atoms. The molecule has 1 aromatic carbocycles. The molecule has 23 heavy (non-hydrogen) atoms. The van der Waals surface area contributed by atoms with Crippen molar-refractivity contribution in [2.24, 2.45) is 5.92 Å². The van der Waals surface area contributed by atoms with Crippen molar-refractivity contribution in [1.82, 2.24) is 9.97 Å². The number of hydrogen-bond acceptors (Lipinski definition) is 4. The maximum atomic E-state index is 12.4. The lowest BCUT2D eigenvalue weighted by Crippen LogP contribution is -2.35. The van der Waals surface area contributed by atoms with E-state index in [1.807, 2.05) is 0 Å². The van der Waals surface area contributed by atoms with E-state index in [-0.39, 0.29) is 5.91 Å². The molecule has 1 amide bonds. The van der Waals surface area contributed by atoms with Gasteiger partial charge in [-0.2, -0.15) is 0 Å². The molecule has 5 nitrogen and oxygen atoms in total. The molecule has 3 rings (SSSR count). The molecule has 1 aromatic heterocycles. The van der Waals surface area contributed by atoms with E-state index in [2.05, 4.69) is 27.1 Å². The van der Waals surface area contributed by atoms with Crippen LogP contribution in [0.1, 0.15) is 30.3 Å². The van der Waals surface area contributed by atoms with Crippen LogP contribution < -0.4 is 10.2 Å². The monoisotopic (exact) mass is 330 g/mol. The van der Waals surface area contributed by atoms with Gasteiger partial charge in [0.25, 0.3) is 5.91 Å². The molecule has 6 heteroatoms. The van der Waals surface area contributed by atoms with Gasteiger partial charge in [-0.25, -0.2) is 9.97 Å². The van der Waals surface area contributed by atoms with Gasteiger partial charge in [-0.1, -0.05) is 24.6 Å². The van der Waals surface area contributed by atoms with Gasteiger partial charge in [-0.05, 0) is 37.0 Å². The summed E-state index contributed by atoms with van der Waals surface area (Å²) >= 11 is 5.93. The number of piperidine rings is 1. The number of carbonyl (C=O) groups is 1. The highest BCUT2D eigenvalue weighted by Crippen LogP contribution is 2.21. The number of rotatable bonds is 3. The normalized spacial score (nSPS) is 17.8. The molecule has 0 spiro atoms. The number of aromatic nitrogens is 2. The third kappa shape index (κ3) is 3.99. The largest absolute Gasteiger partial charge is 0.356 e. The zero-order valence-corrected chi connectivity index (χ0v) is 13.8. The molecule has 1 atom stereocenters. The number of anilines is 2. The smallest absolute Gasteiger partial charge is 0.274 e. The van der Waals surface area contributed by atoms with Gasteiger partial charge in [-0.3, -0.25) is 4.79 Å². The minimum Gasteiger partial charge on any atom is -0.356 e. The summed E-state index contributed by atoms with van der Waals surface area (Å²) in [5.74, 6) is 1.19. The number of nitrogens with zero attached hydrogens (tertiary/aromatic N) is 3. The predicted octanol–water partition coefficient (Wildman–Crippen LogP) is 3.62. The summed E-state index contributed by atoms with van der Waals surface area (Å²) in [4.78, 5) is 23.0. The first-order chi connectivity index (χ1) is 11.1. The second-order valence-corrected chi connectivity index (χ2v) is 6.36. The van der Waals surface area contributed by atoms with Gasteiger partial charge in [0.05, 0.1) is 0 Å². The van der Waals surface area contributed by atoms with Crippen molar-refractivity contribution >= 4 is 29.0 Å². The van der Waals surface area contributed by atoms with Crippen LogP contribution in [-0.4, -0.2) is 29.0 Å². The van der Waals surface area contributed by atoms with Crippen LogP contribution in [0.25, 0.3) is 0 Å². The fourth-order valence-electron chi connectivity index (χ4n) is 2.80. The molecule has 1 aliphatic rings. The van der Waals surface area contributed by atoms with Crippen LogP contribution in [-0.2, 0) is 0 Å². The Morgan fingerprint density at radius 2 is 2.22 bits per heavy atom. The van der Waals surface area contributed by atoms with Crippen LogP contribution in [0.15, 0.2) is 36.7 Å². The maximum absolute atomic E-state index is 12.4. The Balaban J connectivity index is 1.75. The van der Waals surface area contributed by atoms with Gasteiger partial charge in [0.15, 0.2) is 0 Å². The van der Waals surface area contributed by atoms with Crippen molar-refractivity contribution in [2.75, 3.05) is 23.3 Å². The Hall–Kier alpha value is -2.14. The average molecular weight is 331 g/mol. The van der Waals surface area contributed by atoms with Gasteiger partial charge >= 0.3 is 0 Å². The van der Waals surface area contributed by atoms with E-state index in [9.17, 15) is 4.79 Å². The van der Waals surface area contributed by atoms with Crippen LogP contribution in [0.3, 0.4) is 0 Å². The fraction of sp³-hybridized carbons (Fsp3) is 0.353. The zero-order chi connectivity index (χ0) is 16.2. The van der Waals surface area contributed by atoms with E-state index < -0.39 is 0 Å².